The lowest BCUT2D eigenvalue weighted by Gasteiger charge is -2.20. The molecule has 0 aromatic rings. The second kappa shape index (κ2) is 4.66. The fraction of sp³-hybridized carbons (Fsp3) is 1.00. The van der Waals surface area contributed by atoms with Crippen molar-refractivity contribution in [1.82, 2.24) is 4.90 Å². The van der Waals surface area contributed by atoms with Crippen LogP contribution < -0.4 is 5.73 Å². The molecule has 0 unspecified atom stereocenters. The SMILES string of the molecule is CC[C@H](N)[C@H](O)CN(C)C. The van der Waals surface area contributed by atoms with Crippen LogP contribution in [0.15, 0.2) is 0 Å². The van der Waals surface area contributed by atoms with Gasteiger partial charge in [-0.2, -0.15) is 0 Å². The van der Waals surface area contributed by atoms with Crippen LogP contribution in [0.3, 0.4) is 0 Å². The zero-order chi connectivity index (χ0) is 8.15. The Kier molecular flexibility index (Phi) is 4.60. The summed E-state index contributed by atoms with van der Waals surface area (Å²) in [4.78, 5) is 1.93. The monoisotopic (exact) mass is 146 g/mol. The first-order valence-corrected chi connectivity index (χ1v) is 3.66. The quantitative estimate of drug-likeness (QED) is 0.570. The third kappa shape index (κ3) is 3.82. The highest BCUT2D eigenvalue weighted by Gasteiger charge is 2.12. The molecule has 0 radical (unpaired) electrons. The number of nitrogens with two attached hydrogens (primary N) is 1. The molecule has 3 N–H and O–H groups in total. The minimum absolute atomic E-state index is 0.0811. The summed E-state index contributed by atoms with van der Waals surface area (Å²) >= 11 is 0. The van der Waals surface area contributed by atoms with Crippen LogP contribution in [-0.2, 0) is 0 Å². The number of aliphatic hydroxyl groups excluding tert-OH is 1. The van der Waals surface area contributed by atoms with Crippen molar-refractivity contribution in [2.75, 3.05) is 20.6 Å². The molecule has 0 saturated carbocycles. The predicted molar refractivity (Wildman–Crippen MR) is 42.8 cm³/mol. The standard InChI is InChI=1S/C7H18N2O/c1-4-6(8)7(10)5-9(2)3/h6-7,10H,4-5,8H2,1-3H3/t6-,7+/m0/s1. The third-order valence-electron chi connectivity index (χ3n) is 1.52. The van der Waals surface area contributed by atoms with Crippen LogP contribution in [0.5, 0.6) is 0 Å². The van der Waals surface area contributed by atoms with Gasteiger partial charge in [-0.3, -0.25) is 0 Å². The van der Waals surface area contributed by atoms with Crippen LogP contribution in [0.1, 0.15) is 13.3 Å². The van der Waals surface area contributed by atoms with Crippen molar-refractivity contribution >= 4 is 0 Å². The molecule has 2 atom stereocenters. The number of aliphatic hydroxyl groups is 1. The summed E-state index contributed by atoms with van der Waals surface area (Å²) in [6.45, 7) is 2.62. The summed E-state index contributed by atoms with van der Waals surface area (Å²) in [5.41, 5.74) is 5.59. The van der Waals surface area contributed by atoms with Crippen LogP contribution in [-0.4, -0.2) is 42.8 Å². The largest absolute Gasteiger partial charge is 0.390 e. The molecule has 0 aliphatic heterocycles. The summed E-state index contributed by atoms with van der Waals surface area (Å²) in [5.74, 6) is 0. The van der Waals surface area contributed by atoms with E-state index in [0.29, 0.717) is 6.54 Å². The molecule has 3 heteroatoms. The zero-order valence-electron chi connectivity index (χ0n) is 7.04. The molecule has 10 heavy (non-hydrogen) atoms. The smallest absolute Gasteiger partial charge is 0.0817 e. The Morgan fingerprint density at radius 3 is 2.30 bits per heavy atom. The van der Waals surface area contributed by atoms with Crippen molar-refractivity contribution in [3.8, 4) is 0 Å². The zero-order valence-corrected chi connectivity index (χ0v) is 7.04. The van der Waals surface area contributed by atoms with E-state index in [2.05, 4.69) is 0 Å². The second-order valence-electron chi connectivity index (χ2n) is 2.90. The Labute approximate surface area is 62.8 Å². The van der Waals surface area contributed by atoms with Crippen LogP contribution in [0.4, 0.5) is 0 Å². The molecule has 0 spiro atoms. The summed E-state index contributed by atoms with van der Waals surface area (Å²) < 4.78 is 0. The van der Waals surface area contributed by atoms with Gasteiger partial charge in [0.2, 0.25) is 0 Å². The lowest BCUT2D eigenvalue weighted by atomic mass is 10.1. The summed E-state index contributed by atoms with van der Waals surface area (Å²) in [6.07, 6.45) is 0.439. The molecule has 0 aromatic carbocycles. The second-order valence-corrected chi connectivity index (χ2v) is 2.90. The van der Waals surface area contributed by atoms with Gasteiger partial charge in [0.25, 0.3) is 0 Å². The number of rotatable bonds is 4. The van der Waals surface area contributed by atoms with Crippen molar-refractivity contribution in [3.05, 3.63) is 0 Å². The van der Waals surface area contributed by atoms with E-state index < -0.39 is 0 Å². The number of nitrogens with zero attached hydrogens (tertiary/aromatic N) is 1. The molecule has 0 aliphatic rings. The van der Waals surface area contributed by atoms with E-state index in [-0.39, 0.29) is 12.1 Å². The molecule has 0 rings (SSSR count). The van der Waals surface area contributed by atoms with Crippen molar-refractivity contribution in [1.29, 1.82) is 0 Å². The first-order valence-electron chi connectivity index (χ1n) is 3.66. The lowest BCUT2D eigenvalue weighted by molar-refractivity contribution is 0.110. The number of hydrogen-bond acceptors (Lipinski definition) is 3. The maximum Gasteiger partial charge on any atom is 0.0817 e. The van der Waals surface area contributed by atoms with Gasteiger partial charge in [-0.1, -0.05) is 6.92 Å². The maximum atomic E-state index is 9.32. The van der Waals surface area contributed by atoms with E-state index in [0.717, 1.165) is 6.42 Å². The van der Waals surface area contributed by atoms with E-state index in [4.69, 9.17) is 5.73 Å². The van der Waals surface area contributed by atoms with Crippen molar-refractivity contribution in [2.45, 2.75) is 25.5 Å². The maximum absolute atomic E-state index is 9.32. The molecule has 3 nitrogen and oxygen atoms in total. The Balaban J connectivity index is 3.50. The fourth-order valence-electron chi connectivity index (χ4n) is 0.782. The minimum atomic E-state index is -0.389. The van der Waals surface area contributed by atoms with E-state index in [1.54, 1.807) is 0 Å². The summed E-state index contributed by atoms with van der Waals surface area (Å²) in [6, 6.07) is -0.0811. The molecule has 0 saturated heterocycles. The molecule has 62 valence electrons. The minimum Gasteiger partial charge on any atom is -0.390 e. The van der Waals surface area contributed by atoms with Gasteiger partial charge < -0.3 is 15.7 Å². The molecule has 0 fully saturated rings. The molecule has 0 bridgehead atoms. The molecule has 0 heterocycles. The van der Waals surface area contributed by atoms with Crippen LogP contribution in [0.25, 0.3) is 0 Å². The van der Waals surface area contributed by atoms with E-state index in [1.807, 2.05) is 25.9 Å². The normalized spacial score (nSPS) is 17.4. The Morgan fingerprint density at radius 1 is 1.50 bits per heavy atom. The molecular formula is C7H18N2O. The topological polar surface area (TPSA) is 49.5 Å². The van der Waals surface area contributed by atoms with Gasteiger partial charge in [0, 0.05) is 12.6 Å². The van der Waals surface area contributed by atoms with Gasteiger partial charge in [0.05, 0.1) is 6.10 Å². The van der Waals surface area contributed by atoms with Gasteiger partial charge in [-0.05, 0) is 20.5 Å². The molecule has 0 aromatic heterocycles. The summed E-state index contributed by atoms with van der Waals surface area (Å²) in [7, 11) is 3.84. The van der Waals surface area contributed by atoms with Crippen molar-refractivity contribution < 1.29 is 5.11 Å². The molecular weight excluding hydrogens is 128 g/mol. The van der Waals surface area contributed by atoms with Crippen LogP contribution >= 0.6 is 0 Å². The van der Waals surface area contributed by atoms with E-state index >= 15 is 0 Å². The van der Waals surface area contributed by atoms with Crippen molar-refractivity contribution in [2.24, 2.45) is 5.73 Å². The highest BCUT2D eigenvalue weighted by molar-refractivity contribution is 4.71. The predicted octanol–water partition coefficient (Wildman–Crippen LogP) is -0.354. The lowest BCUT2D eigenvalue weighted by Crippen LogP contribution is -2.40. The molecule has 0 amide bonds. The van der Waals surface area contributed by atoms with Gasteiger partial charge in [-0.15, -0.1) is 0 Å². The highest BCUT2D eigenvalue weighted by atomic mass is 16.3. The first kappa shape index (κ1) is 9.88. The average molecular weight is 146 g/mol. The Hall–Kier alpha value is -0.120. The van der Waals surface area contributed by atoms with Crippen molar-refractivity contribution in [3.63, 3.8) is 0 Å². The van der Waals surface area contributed by atoms with Gasteiger partial charge in [0.1, 0.15) is 0 Å². The average Bonchev–Trinajstić information content (AvgIpc) is 1.85. The van der Waals surface area contributed by atoms with Crippen LogP contribution in [0.2, 0.25) is 0 Å². The Morgan fingerprint density at radius 2 is 2.00 bits per heavy atom. The van der Waals surface area contributed by atoms with E-state index in [9.17, 15) is 5.11 Å². The number of likely N-dealkylation sites (N-methyl/N-ethyl adjacent to an activating group) is 1. The van der Waals surface area contributed by atoms with E-state index in [1.165, 1.54) is 0 Å². The first-order chi connectivity index (χ1) is 4.57. The third-order valence-corrected chi connectivity index (χ3v) is 1.52. The van der Waals surface area contributed by atoms with Gasteiger partial charge in [-0.25, -0.2) is 0 Å². The van der Waals surface area contributed by atoms with Gasteiger partial charge in [0.15, 0.2) is 0 Å². The highest BCUT2D eigenvalue weighted by Crippen LogP contribution is 1.95. The summed E-state index contributed by atoms with van der Waals surface area (Å²) in [5, 5.41) is 9.32. The molecule has 0 aliphatic carbocycles. The fourth-order valence-corrected chi connectivity index (χ4v) is 0.782. The number of hydrogen-bond donors (Lipinski definition) is 2. The van der Waals surface area contributed by atoms with Gasteiger partial charge >= 0.3 is 0 Å². The Bertz CT molecular complexity index is 85.7. The van der Waals surface area contributed by atoms with Crippen LogP contribution in [0, 0.1) is 0 Å².